The number of hydrogen-bond donors (Lipinski definition) is 3. The lowest BCUT2D eigenvalue weighted by atomic mass is 9.80. The zero-order chi connectivity index (χ0) is 17.6. The number of rotatable bonds is 5. The first-order valence-electron chi connectivity index (χ1n) is 7.86. The number of benzene rings is 1. The van der Waals surface area contributed by atoms with E-state index in [0.29, 0.717) is 24.0 Å². The molecule has 0 radical (unpaired) electrons. The van der Waals surface area contributed by atoms with Gasteiger partial charge in [0.1, 0.15) is 12.1 Å². The number of nitrogens with two attached hydrogens (primary N) is 1. The lowest BCUT2D eigenvalue weighted by Crippen LogP contribution is -2.59. The van der Waals surface area contributed by atoms with Crippen LogP contribution in [0, 0.1) is 11.3 Å². The van der Waals surface area contributed by atoms with Crippen LogP contribution < -0.4 is 16.4 Å². The number of nitrogens with one attached hydrogen (secondary N) is 2. The maximum Gasteiger partial charge on any atom is 0.252 e. The van der Waals surface area contributed by atoms with E-state index in [1.165, 1.54) is 24.3 Å². The van der Waals surface area contributed by atoms with Gasteiger partial charge in [-0.2, -0.15) is 5.26 Å². The summed E-state index contributed by atoms with van der Waals surface area (Å²) in [6.45, 7) is -0.0935. The molecule has 4 N–H and O–H groups in total. The van der Waals surface area contributed by atoms with Gasteiger partial charge in [0.15, 0.2) is 0 Å². The molecule has 0 heterocycles. The minimum atomic E-state index is -0.992. The first-order valence-corrected chi connectivity index (χ1v) is 7.86. The van der Waals surface area contributed by atoms with E-state index in [1.807, 2.05) is 6.07 Å². The second kappa shape index (κ2) is 7.59. The quantitative estimate of drug-likeness (QED) is 0.693. The largest absolute Gasteiger partial charge is 0.366 e. The van der Waals surface area contributed by atoms with Crippen molar-refractivity contribution in [1.82, 2.24) is 10.6 Å². The van der Waals surface area contributed by atoms with Gasteiger partial charge in [0.2, 0.25) is 11.8 Å². The van der Waals surface area contributed by atoms with E-state index >= 15 is 0 Å². The Bertz CT molecular complexity index is 670. The van der Waals surface area contributed by atoms with Crippen molar-refractivity contribution in [1.29, 1.82) is 5.26 Å². The molecule has 1 saturated carbocycles. The number of hydrogen-bond acceptors (Lipinski definition) is 4. The summed E-state index contributed by atoms with van der Waals surface area (Å²) >= 11 is 0. The minimum absolute atomic E-state index is 0.0935. The summed E-state index contributed by atoms with van der Waals surface area (Å²) in [5, 5.41) is 14.0. The van der Waals surface area contributed by atoms with Crippen molar-refractivity contribution >= 4 is 17.7 Å². The van der Waals surface area contributed by atoms with Gasteiger partial charge in [-0.1, -0.05) is 19.3 Å². The van der Waals surface area contributed by atoms with Crippen LogP contribution in [-0.4, -0.2) is 29.8 Å². The second-order valence-corrected chi connectivity index (χ2v) is 5.88. The lowest BCUT2D eigenvalue weighted by Gasteiger charge is -2.36. The summed E-state index contributed by atoms with van der Waals surface area (Å²) in [5.41, 5.74) is 4.84. The number of carbonyl (C=O) groups is 3. The van der Waals surface area contributed by atoms with E-state index < -0.39 is 11.4 Å². The van der Waals surface area contributed by atoms with Crippen LogP contribution in [-0.2, 0) is 4.79 Å². The van der Waals surface area contributed by atoms with Crippen molar-refractivity contribution in [2.45, 2.75) is 37.6 Å². The highest BCUT2D eigenvalue weighted by atomic mass is 16.2. The topological polar surface area (TPSA) is 125 Å². The van der Waals surface area contributed by atoms with Gasteiger partial charge in [0.25, 0.3) is 5.91 Å². The third-order valence-electron chi connectivity index (χ3n) is 4.25. The first kappa shape index (κ1) is 17.5. The minimum Gasteiger partial charge on any atom is -0.366 e. The molecule has 2 rings (SSSR count). The average molecular weight is 328 g/mol. The van der Waals surface area contributed by atoms with Crippen molar-refractivity contribution in [2.24, 2.45) is 5.73 Å². The van der Waals surface area contributed by atoms with E-state index in [4.69, 9.17) is 11.0 Å². The molecular formula is C17H20N4O3. The Morgan fingerprint density at radius 1 is 1.08 bits per heavy atom. The van der Waals surface area contributed by atoms with Crippen LogP contribution in [0.15, 0.2) is 24.3 Å². The Labute approximate surface area is 140 Å². The molecule has 126 valence electrons. The molecule has 7 nitrogen and oxygen atoms in total. The smallest absolute Gasteiger partial charge is 0.252 e. The van der Waals surface area contributed by atoms with Gasteiger partial charge in [-0.15, -0.1) is 0 Å². The molecule has 0 unspecified atom stereocenters. The summed E-state index contributed by atoms with van der Waals surface area (Å²) in [4.78, 5) is 36.0. The Kier molecular flexibility index (Phi) is 5.53. The zero-order valence-electron chi connectivity index (χ0n) is 13.3. The van der Waals surface area contributed by atoms with Gasteiger partial charge >= 0.3 is 0 Å². The molecule has 0 saturated heterocycles. The van der Waals surface area contributed by atoms with Gasteiger partial charge in [0.05, 0.1) is 6.07 Å². The van der Waals surface area contributed by atoms with Crippen molar-refractivity contribution < 1.29 is 14.4 Å². The average Bonchev–Trinajstić information content (AvgIpc) is 2.60. The molecule has 0 spiro atoms. The van der Waals surface area contributed by atoms with Gasteiger partial charge in [-0.3, -0.25) is 14.4 Å². The van der Waals surface area contributed by atoms with E-state index in [2.05, 4.69) is 10.6 Å². The van der Waals surface area contributed by atoms with E-state index in [0.717, 1.165) is 19.3 Å². The van der Waals surface area contributed by atoms with Gasteiger partial charge in [-0.25, -0.2) is 0 Å². The number of nitriles is 1. The fraction of sp³-hybridized carbons (Fsp3) is 0.412. The summed E-state index contributed by atoms with van der Waals surface area (Å²) in [6, 6.07) is 7.81. The molecule has 1 aliphatic rings. The van der Waals surface area contributed by atoms with Gasteiger partial charge in [-0.05, 0) is 37.1 Å². The van der Waals surface area contributed by atoms with Crippen LogP contribution in [0.5, 0.6) is 0 Å². The first-order chi connectivity index (χ1) is 11.5. The third kappa shape index (κ3) is 3.90. The van der Waals surface area contributed by atoms with Crippen LogP contribution in [0.2, 0.25) is 0 Å². The summed E-state index contributed by atoms with van der Waals surface area (Å²) in [5.74, 6) is -1.28. The maximum absolute atomic E-state index is 12.5. The molecule has 1 aromatic carbocycles. The molecule has 0 aromatic heterocycles. The predicted molar refractivity (Wildman–Crippen MR) is 86.9 cm³/mol. The Morgan fingerprint density at radius 3 is 2.21 bits per heavy atom. The molecule has 1 aliphatic carbocycles. The fourth-order valence-corrected chi connectivity index (χ4v) is 2.93. The number of primary amides is 1. The Morgan fingerprint density at radius 2 is 1.67 bits per heavy atom. The normalized spacial score (nSPS) is 15.8. The zero-order valence-corrected chi connectivity index (χ0v) is 13.3. The monoisotopic (exact) mass is 328 g/mol. The molecule has 0 atom stereocenters. The summed E-state index contributed by atoms with van der Waals surface area (Å²) in [7, 11) is 0. The van der Waals surface area contributed by atoms with Crippen LogP contribution in [0.3, 0.4) is 0 Å². The molecular weight excluding hydrogens is 308 g/mol. The number of nitrogens with zero attached hydrogens (tertiary/aromatic N) is 1. The van der Waals surface area contributed by atoms with E-state index in [-0.39, 0.29) is 18.4 Å². The molecule has 24 heavy (non-hydrogen) atoms. The number of carbonyl (C=O) groups excluding carboxylic acids is 3. The molecule has 3 amide bonds. The molecule has 0 bridgehead atoms. The second-order valence-electron chi connectivity index (χ2n) is 5.88. The van der Waals surface area contributed by atoms with Crippen LogP contribution >= 0.6 is 0 Å². The van der Waals surface area contributed by atoms with E-state index in [9.17, 15) is 14.4 Å². The van der Waals surface area contributed by atoms with Crippen molar-refractivity contribution in [2.75, 3.05) is 6.54 Å². The highest BCUT2D eigenvalue weighted by Crippen LogP contribution is 2.29. The van der Waals surface area contributed by atoms with E-state index in [1.54, 1.807) is 0 Å². The predicted octanol–water partition coefficient (Wildman–Crippen LogP) is 0.858. The van der Waals surface area contributed by atoms with Crippen LogP contribution in [0.4, 0.5) is 0 Å². The Balaban J connectivity index is 2.16. The highest BCUT2D eigenvalue weighted by molar-refractivity contribution is 6.00. The van der Waals surface area contributed by atoms with Gasteiger partial charge < -0.3 is 16.4 Å². The van der Waals surface area contributed by atoms with Crippen molar-refractivity contribution in [3.05, 3.63) is 35.4 Å². The van der Waals surface area contributed by atoms with Crippen molar-refractivity contribution in [3.63, 3.8) is 0 Å². The number of amides is 3. The van der Waals surface area contributed by atoms with Crippen LogP contribution in [0.25, 0.3) is 0 Å². The summed E-state index contributed by atoms with van der Waals surface area (Å²) in [6.07, 6.45) is 3.75. The highest BCUT2D eigenvalue weighted by Gasteiger charge is 2.40. The molecule has 0 aliphatic heterocycles. The lowest BCUT2D eigenvalue weighted by molar-refractivity contribution is -0.128. The van der Waals surface area contributed by atoms with Gasteiger partial charge in [0, 0.05) is 11.1 Å². The molecule has 1 fully saturated rings. The fourth-order valence-electron chi connectivity index (χ4n) is 2.93. The summed E-state index contributed by atoms with van der Waals surface area (Å²) < 4.78 is 0. The molecule has 7 heteroatoms. The third-order valence-corrected chi connectivity index (χ3v) is 4.25. The van der Waals surface area contributed by atoms with Crippen molar-refractivity contribution in [3.8, 4) is 6.07 Å². The van der Waals surface area contributed by atoms with Crippen LogP contribution in [0.1, 0.15) is 52.8 Å². The SMILES string of the molecule is N#CCNC(=O)C1(NC(=O)c2ccc(C(N)=O)cc2)CCCCC1. The maximum atomic E-state index is 12.5. The standard InChI is InChI=1S/C17H20N4O3/c18-10-11-20-16(24)17(8-2-1-3-9-17)21-15(23)13-6-4-12(5-7-13)14(19)22/h4-7H,1-3,8-9,11H2,(H2,19,22)(H,20,24)(H,21,23). The Hall–Kier alpha value is -2.88. The molecule has 1 aromatic rings.